The molecule has 0 aromatic heterocycles. The Kier molecular flexibility index (Phi) is 2.22. The molecule has 0 saturated heterocycles. The molecule has 0 fully saturated rings. The molecular formula is C14H18O. The first kappa shape index (κ1) is 10.4. The van der Waals surface area contributed by atoms with E-state index in [1.807, 2.05) is 6.92 Å². The molecule has 0 radical (unpaired) electrons. The number of hydrogen-bond donors (Lipinski definition) is 0. The van der Waals surface area contributed by atoms with E-state index in [1.165, 1.54) is 11.1 Å². The minimum Gasteiger partial charge on any atom is -0.294 e. The lowest BCUT2D eigenvalue weighted by Crippen LogP contribution is -2.27. The zero-order valence-electron chi connectivity index (χ0n) is 9.98. The van der Waals surface area contributed by atoms with E-state index in [9.17, 15) is 4.79 Å². The molecule has 1 aliphatic carbocycles. The second kappa shape index (κ2) is 3.19. The summed E-state index contributed by atoms with van der Waals surface area (Å²) in [5.74, 6) is 0.318. The van der Waals surface area contributed by atoms with Crippen molar-refractivity contribution < 1.29 is 4.79 Å². The summed E-state index contributed by atoms with van der Waals surface area (Å²) in [7, 11) is 0. The number of aryl methyl sites for hydroxylation is 2. The van der Waals surface area contributed by atoms with E-state index in [0.29, 0.717) is 12.2 Å². The molecule has 2 rings (SSSR count). The molecule has 1 aliphatic rings. The summed E-state index contributed by atoms with van der Waals surface area (Å²) in [6.07, 6.45) is 1.71. The summed E-state index contributed by atoms with van der Waals surface area (Å²) < 4.78 is 0. The van der Waals surface area contributed by atoms with Crippen LogP contribution in [0.4, 0.5) is 0 Å². The van der Waals surface area contributed by atoms with Gasteiger partial charge in [-0.2, -0.15) is 0 Å². The third kappa shape index (κ3) is 1.83. The van der Waals surface area contributed by atoms with Crippen LogP contribution in [-0.2, 0) is 6.42 Å². The number of hydrogen-bond acceptors (Lipinski definition) is 1. The number of carbonyl (C=O) groups excluding carboxylic acids is 1. The summed E-state index contributed by atoms with van der Waals surface area (Å²) in [6, 6.07) is 4.27. The highest BCUT2D eigenvalue weighted by Crippen LogP contribution is 2.36. The van der Waals surface area contributed by atoms with Gasteiger partial charge in [0, 0.05) is 12.0 Å². The van der Waals surface area contributed by atoms with Gasteiger partial charge in [0.25, 0.3) is 0 Å². The third-order valence-corrected chi connectivity index (χ3v) is 3.15. The van der Waals surface area contributed by atoms with Crippen LogP contribution in [0.15, 0.2) is 12.1 Å². The molecule has 1 aromatic rings. The number of fused-ring (bicyclic) bond motifs is 1. The zero-order valence-corrected chi connectivity index (χ0v) is 9.98. The van der Waals surface area contributed by atoms with Crippen LogP contribution < -0.4 is 0 Å². The summed E-state index contributed by atoms with van der Waals surface area (Å²) in [4.78, 5) is 12.0. The van der Waals surface area contributed by atoms with Crippen molar-refractivity contribution in [1.29, 1.82) is 0 Å². The highest BCUT2D eigenvalue weighted by molar-refractivity contribution is 6.00. The molecule has 0 unspecified atom stereocenters. The van der Waals surface area contributed by atoms with E-state index >= 15 is 0 Å². The molecule has 0 N–H and O–H groups in total. The normalized spacial score (nSPS) is 18.8. The number of Topliss-reactive ketones (excluding diaryl/α,β-unsaturated/α-hetero) is 1. The average molecular weight is 202 g/mol. The lowest BCUT2D eigenvalue weighted by molar-refractivity contribution is 0.0911. The Morgan fingerprint density at radius 1 is 1.13 bits per heavy atom. The van der Waals surface area contributed by atoms with Crippen molar-refractivity contribution in [2.75, 3.05) is 0 Å². The zero-order chi connectivity index (χ0) is 11.2. The molecule has 0 aliphatic heterocycles. The first-order chi connectivity index (χ1) is 6.89. The Bertz CT molecular complexity index is 427. The van der Waals surface area contributed by atoms with E-state index in [0.717, 1.165) is 17.5 Å². The van der Waals surface area contributed by atoms with E-state index in [1.54, 1.807) is 0 Å². The maximum Gasteiger partial charge on any atom is 0.163 e. The lowest BCUT2D eigenvalue weighted by Gasteiger charge is -2.31. The first-order valence-electron chi connectivity index (χ1n) is 5.52. The molecule has 0 heterocycles. The topological polar surface area (TPSA) is 17.1 Å². The minimum atomic E-state index is 0.129. The van der Waals surface area contributed by atoms with Gasteiger partial charge in [-0.15, -0.1) is 0 Å². The molecule has 0 atom stereocenters. The smallest absolute Gasteiger partial charge is 0.163 e. The van der Waals surface area contributed by atoms with Crippen LogP contribution in [0.2, 0.25) is 0 Å². The predicted molar refractivity (Wildman–Crippen MR) is 62.3 cm³/mol. The molecule has 1 nitrogen and oxygen atoms in total. The average Bonchev–Trinajstić information content (AvgIpc) is 1.97. The summed E-state index contributed by atoms with van der Waals surface area (Å²) in [6.45, 7) is 8.48. The molecule has 80 valence electrons. The number of benzene rings is 1. The maximum absolute atomic E-state index is 12.0. The van der Waals surface area contributed by atoms with Crippen LogP contribution in [0, 0.1) is 19.3 Å². The van der Waals surface area contributed by atoms with Gasteiger partial charge in [0.05, 0.1) is 0 Å². The van der Waals surface area contributed by atoms with E-state index in [-0.39, 0.29) is 5.41 Å². The van der Waals surface area contributed by atoms with Crippen molar-refractivity contribution in [3.63, 3.8) is 0 Å². The van der Waals surface area contributed by atoms with Gasteiger partial charge in [0.15, 0.2) is 5.78 Å². The Labute approximate surface area is 91.5 Å². The van der Waals surface area contributed by atoms with Crippen LogP contribution in [0.1, 0.15) is 47.3 Å². The van der Waals surface area contributed by atoms with Crippen molar-refractivity contribution in [1.82, 2.24) is 0 Å². The van der Waals surface area contributed by atoms with Crippen LogP contribution >= 0.6 is 0 Å². The fourth-order valence-corrected chi connectivity index (χ4v) is 2.70. The summed E-state index contributed by atoms with van der Waals surface area (Å²) >= 11 is 0. The van der Waals surface area contributed by atoms with Crippen LogP contribution in [0.3, 0.4) is 0 Å². The molecule has 0 saturated carbocycles. The largest absolute Gasteiger partial charge is 0.294 e. The maximum atomic E-state index is 12.0. The standard InChI is InChI=1S/C14H18O/c1-9-5-10(2)13-11(6-9)7-14(3,4)8-12(13)15/h5-6H,7-8H2,1-4H3. The number of ketones is 1. The van der Waals surface area contributed by atoms with E-state index in [2.05, 4.69) is 32.9 Å². The molecule has 0 bridgehead atoms. The second-order valence-corrected chi connectivity index (χ2v) is 5.56. The fourth-order valence-electron chi connectivity index (χ4n) is 2.70. The molecule has 0 spiro atoms. The first-order valence-corrected chi connectivity index (χ1v) is 5.52. The van der Waals surface area contributed by atoms with Gasteiger partial charge < -0.3 is 0 Å². The van der Waals surface area contributed by atoms with Crippen LogP contribution in [-0.4, -0.2) is 5.78 Å². The van der Waals surface area contributed by atoms with E-state index in [4.69, 9.17) is 0 Å². The van der Waals surface area contributed by atoms with Crippen molar-refractivity contribution in [2.45, 2.75) is 40.5 Å². The highest BCUT2D eigenvalue weighted by Gasteiger charge is 2.31. The van der Waals surface area contributed by atoms with Crippen molar-refractivity contribution in [2.24, 2.45) is 5.41 Å². The molecule has 0 amide bonds. The SMILES string of the molecule is Cc1cc(C)c2c(c1)CC(C)(C)CC2=O. The third-order valence-electron chi connectivity index (χ3n) is 3.15. The van der Waals surface area contributed by atoms with E-state index < -0.39 is 0 Å². The predicted octanol–water partition coefficient (Wildman–Crippen LogP) is 3.46. The number of carbonyl (C=O) groups is 1. The van der Waals surface area contributed by atoms with Gasteiger partial charge in [-0.05, 0) is 36.8 Å². The van der Waals surface area contributed by atoms with Gasteiger partial charge in [0.1, 0.15) is 0 Å². The summed E-state index contributed by atoms with van der Waals surface area (Å²) in [5.41, 5.74) is 4.76. The van der Waals surface area contributed by atoms with Gasteiger partial charge >= 0.3 is 0 Å². The van der Waals surface area contributed by atoms with Gasteiger partial charge in [0.2, 0.25) is 0 Å². The minimum absolute atomic E-state index is 0.129. The van der Waals surface area contributed by atoms with Crippen molar-refractivity contribution in [3.8, 4) is 0 Å². The summed E-state index contributed by atoms with van der Waals surface area (Å²) in [5, 5.41) is 0. The monoisotopic (exact) mass is 202 g/mol. The van der Waals surface area contributed by atoms with Crippen molar-refractivity contribution in [3.05, 3.63) is 34.4 Å². The highest BCUT2D eigenvalue weighted by atomic mass is 16.1. The fraction of sp³-hybridized carbons (Fsp3) is 0.500. The molecule has 1 heteroatoms. The van der Waals surface area contributed by atoms with Crippen molar-refractivity contribution >= 4 is 5.78 Å². The van der Waals surface area contributed by atoms with Crippen LogP contribution in [0.5, 0.6) is 0 Å². The quantitative estimate of drug-likeness (QED) is 0.629. The molecule has 15 heavy (non-hydrogen) atoms. The lowest BCUT2D eigenvalue weighted by atomic mass is 9.72. The molecular weight excluding hydrogens is 184 g/mol. The Hall–Kier alpha value is -1.11. The Morgan fingerprint density at radius 3 is 2.47 bits per heavy atom. The second-order valence-electron chi connectivity index (χ2n) is 5.56. The molecule has 1 aromatic carbocycles. The van der Waals surface area contributed by atoms with Gasteiger partial charge in [-0.1, -0.05) is 31.5 Å². The van der Waals surface area contributed by atoms with Gasteiger partial charge in [-0.3, -0.25) is 4.79 Å². The Balaban J connectivity index is 2.60. The van der Waals surface area contributed by atoms with Gasteiger partial charge in [-0.25, -0.2) is 0 Å². The van der Waals surface area contributed by atoms with Crippen LogP contribution in [0.25, 0.3) is 0 Å². The number of rotatable bonds is 0. The Morgan fingerprint density at radius 2 is 1.80 bits per heavy atom.